The van der Waals surface area contributed by atoms with Crippen molar-refractivity contribution in [2.75, 3.05) is 26.2 Å². The van der Waals surface area contributed by atoms with Crippen molar-refractivity contribution in [3.05, 3.63) is 12.2 Å². The minimum atomic E-state index is -1.14. The number of nitrogens with zero attached hydrogens (tertiary/aromatic N) is 1. The van der Waals surface area contributed by atoms with Crippen LogP contribution in [0.3, 0.4) is 0 Å². The molecule has 3 N–H and O–H groups in total. The predicted molar refractivity (Wildman–Crippen MR) is 89.9 cm³/mol. The molecule has 0 aromatic rings. The summed E-state index contributed by atoms with van der Waals surface area (Å²) >= 11 is 0. The van der Waals surface area contributed by atoms with Crippen molar-refractivity contribution in [3.8, 4) is 0 Å². The molecule has 0 aliphatic rings. The van der Waals surface area contributed by atoms with E-state index in [-0.39, 0.29) is 18.9 Å². The molecule has 0 saturated heterocycles. The number of allylic oxidation sites excluding steroid dienone is 1. The SMILES string of the molecule is CC/C=C/C(O)CNCCN(CC(O)CCCC)C(C)C(=O)[O-].[Li+]. The van der Waals surface area contributed by atoms with Crippen molar-refractivity contribution in [2.24, 2.45) is 0 Å². The third kappa shape index (κ3) is 13.0. The Bertz CT molecular complexity index is 343. The quantitative estimate of drug-likeness (QED) is 0.177. The molecule has 3 unspecified atom stereocenters. The Morgan fingerprint density at radius 3 is 2.54 bits per heavy atom. The molecule has 0 spiro atoms. The van der Waals surface area contributed by atoms with Crippen molar-refractivity contribution in [1.82, 2.24) is 10.2 Å². The van der Waals surface area contributed by atoms with Gasteiger partial charge < -0.3 is 25.4 Å². The van der Waals surface area contributed by atoms with Gasteiger partial charge in [-0.1, -0.05) is 38.8 Å². The minimum absolute atomic E-state index is 0. The van der Waals surface area contributed by atoms with E-state index in [1.807, 2.05) is 13.0 Å². The molecule has 6 nitrogen and oxygen atoms in total. The summed E-state index contributed by atoms with van der Waals surface area (Å²) < 4.78 is 0. The molecule has 0 aromatic heterocycles. The van der Waals surface area contributed by atoms with E-state index in [0.29, 0.717) is 32.6 Å². The van der Waals surface area contributed by atoms with Gasteiger partial charge in [0.05, 0.1) is 18.2 Å². The van der Waals surface area contributed by atoms with Crippen molar-refractivity contribution in [3.63, 3.8) is 0 Å². The summed E-state index contributed by atoms with van der Waals surface area (Å²) in [5.74, 6) is -1.14. The topological polar surface area (TPSA) is 95.9 Å². The van der Waals surface area contributed by atoms with Crippen molar-refractivity contribution in [2.45, 2.75) is 64.7 Å². The van der Waals surface area contributed by atoms with Crippen LogP contribution in [-0.2, 0) is 4.79 Å². The number of carboxylic acids is 1. The van der Waals surface area contributed by atoms with Gasteiger partial charge in [0.15, 0.2) is 0 Å². The first-order chi connectivity index (χ1) is 10.9. The summed E-state index contributed by atoms with van der Waals surface area (Å²) in [4.78, 5) is 12.8. The number of aliphatic hydroxyl groups is 2. The van der Waals surface area contributed by atoms with Crippen LogP contribution in [0.15, 0.2) is 12.2 Å². The average Bonchev–Trinajstić information content (AvgIpc) is 2.52. The number of carbonyl (C=O) groups is 1. The normalized spacial score (nSPS) is 15.2. The number of aliphatic hydroxyl groups excluding tert-OH is 2. The molecular formula is C17H33LiN2O4. The van der Waals surface area contributed by atoms with E-state index in [1.165, 1.54) is 0 Å². The molecule has 0 aliphatic carbocycles. The summed E-state index contributed by atoms with van der Waals surface area (Å²) in [5.41, 5.74) is 0. The third-order valence-corrected chi connectivity index (χ3v) is 3.75. The number of carboxylic acid groups (broad SMARTS) is 1. The van der Waals surface area contributed by atoms with Crippen LogP contribution in [0.5, 0.6) is 0 Å². The molecule has 0 radical (unpaired) electrons. The number of aliphatic carboxylic acids is 1. The fraction of sp³-hybridized carbons (Fsp3) is 0.824. The van der Waals surface area contributed by atoms with E-state index < -0.39 is 24.2 Å². The number of carbonyl (C=O) groups excluding carboxylic acids is 1. The van der Waals surface area contributed by atoms with Crippen LogP contribution in [0.1, 0.15) is 46.5 Å². The first-order valence-electron chi connectivity index (χ1n) is 8.60. The first-order valence-corrected chi connectivity index (χ1v) is 8.60. The van der Waals surface area contributed by atoms with E-state index in [0.717, 1.165) is 19.3 Å². The van der Waals surface area contributed by atoms with Crippen LogP contribution in [0.25, 0.3) is 0 Å². The van der Waals surface area contributed by atoms with Gasteiger partial charge in [0.2, 0.25) is 0 Å². The second kappa shape index (κ2) is 16.1. The van der Waals surface area contributed by atoms with Gasteiger partial charge in [0.1, 0.15) is 0 Å². The van der Waals surface area contributed by atoms with Crippen LogP contribution in [0.4, 0.5) is 0 Å². The van der Waals surface area contributed by atoms with E-state index >= 15 is 0 Å². The van der Waals surface area contributed by atoms with Crippen molar-refractivity contribution in [1.29, 1.82) is 0 Å². The smallest absolute Gasteiger partial charge is 0.548 e. The Kier molecular flexibility index (Phi) is 17.4. The fourth-order valence-corrected chi connectivity index (χ4v) is 2.23. The van der Waals surface area contributed by atoms with Gasteiger partial charge in [-0.05, 0) is 19.8 Å². The average molecular weight is 336 g/mol. The number of rotatable bonds is 14. The zero-order chi connectivity index (χ0) is 17.7. The Morgan fingerprint density at radius 1 is 1.33 bits per heavy atom. The summed E-state index contributed by atoms with van der Waals surface area (Å²) in [6.07, 6.45) is 6.03. The summed E-state index contributed by atoms with van der Waals surface area (Å²) in [7, 11) is 0. The van der Waals surface area contributed by atoms with Crippen LogP contribution in [0.2, 0.25) is 0 Å². The van der Waals surface area contributed by atoms with E-state index in [1.54, 1.807) is 17.9 Å². The summed E-state index contributed by atoms with van der Waals surface area (Å²) in [6, 6.07) is -0.752. The van der Waals surface area contributed by atoms with Gasteiger partial charge in [-0.2, -0.15) is 0 Å². The number of unbranched alkanes of at least 4 members (excludes halogenated alkanes) is 1. The van der Waals surface area contributed by atoms with Gasteiger partial charge in [-0.3, -0.25) is 4.90 Å². The zero-order valence-electron chi connectivity index (χ0n) is 15.7. The molecule has 136 valence electrons. The van der Waals surface area contributed by atoms with Gasteiger partial charge in [-0.15, -0.1) is 0 Å². The first kappa shape index (κ1) is 25.9. The minimum Gasteiger partial charge on any atom is -0.548 e. The maximum absolute atomic E-state index is 11.1. The zero-order valence-corrected chi connectivity index (χ0v) is 15.7. The molecule has 0 amide bonds. The van der Waals surface area contributed by atoms with Crippen LogP contribution in [-0.4, -0.2) is 65.5 Å². The maximum Gasteiger partial charge on any atom is 1.00 e. The molecule has 0 heterocycles. The second-order valence-electron chi connectivity index (χ2n) is 5.89. The molecule has 7 heteroatoms. The van der Waals surface area contributed by atoms with Crippen molar-refractivity contribution < 1.29 is 39.0 Å². The molecule has 0 fully saturated rings. The standard InChI is InChI=1S/C17H34N2O4.Li/c1-4-6-8-15(20)12-18-10-11-19(14(3)17(22)23)13-16(21)9-7-5-2;/h6,8,14-16,18,20-21H,4-5,7,9-13H2,1-3H3,(H,22,23);/q;+1/p-1/b8-6+;. The number of hydrogen-bond donors (Lipinski definition) is 3. The largest absolute Gasteiger partial charge is 1.00 e. The number of nitrogens with one attached hydrogen (secondary N) is 1. The molecule has 0 bridgehead atoms. The number of hydrogen-bond acceptors (Lipinski definition) is 6. The van der Waals surface area contributed by atoms with E-state index in [9.17, 15) is 20.1 Å². The van der Waals surface area contributed by atoms with E-state index in [2.05, 4.69) is 12.2 Å². The monoisotopic (exact) mass is 336 g/mol. The molecule has 0 aliphatic heterocycles. The molecule has 0 aromatic carbocycles. The Balaban J connectivity index is 0. The Morgan fingerprint density at radius 2 is 2.00 bits per heavy atom. The molecule has 0 rings (SSSR count). The summed E-state index contributed by atoms with van der Waals surface area (Å²) in [5, 5.41) is 33.9. The van der Waals surface area contributed by atoms with Crippen LogP contribution < -0.4 is 29.3 Å². The third-order valence-electron chi connectivity index (χ3n) is 3.75. The van der Waals surface area contributed by atoms with E-state index in [4.69, 9.17) is 0 Å². The fourth-order valence-electron chi connectivity index (χ4n) is 2.23. The molecule has 3 atom stereocenters. The Hall–Kier alpha value is -0.353. The van der Waals surface area contributed by atoms with Gasteiger partial charge in [0.25, 0.3) is 0 Å². The van der Waals surface area contributed by atoms with Crippen molar-refractivity contribution >= 4 is 5.97 Å². The van der Waals surface area contributed by atoms with Gasteiger partial charge >= 0.3 is 18.9 Å². The van der Waals surface area contributed by atoms with Gasteiger partial charge in [0, 0.05) is 32.2 Å². The molecule has 0 saturated carbocycles. The van der Waals surface area contributed by atoms with Crippen LogP contribution >= 0.6 is 0 Å². The Labute approximate surface area is 158 Å². The maximum atomic E-state index is 11.1. The van der Waals surface area contributed by atoms with Crippen LogP contribution in [0, 0.1) is 0 Å². The summed E-state index contributed by atoms with van der Waals surface area (Å²) in [6.45, 7) is 7.37. The molecular weight excluding hydrogens is 303 g/mol. The molecule has 24 heavy (non-hydrogen) atoms. The second-order valence-corrected chi connectivity index (χ2v) is 5.89. The van der Waals surface area contributed by atoms with Gasteiger partial charge in [-0.25, -0.2) is 0 Å². The predicted octanol–water partition coefficient (Wildman–Crippen LogP) is -3.10.